The lowest BCUT2D eigenvalue weighted by atomic mass is 10.4. The van der Waals surface area contributed by atoms with Gasteiger partial charge in [0.05, 0.1) is 6.61 Å². The topological polar surface area (TPSA) is 9.23 Å². The molecule has 1 saturated carbocycles. The molecule has 1 nitrogen and oxygen atoms in total. The molecule has 1 aliphatic carbocycles. The summed E-state index contributed by atoms with van der Waals surface area (Å²) in [6.07, 6.45) is 3.72. The van der Waals surface area contributed by atoms with Gasteiger partial charge in [-0.1, -0.05) is 25.1 Å². The highest BCUT2D eigenvalue weighted by Crippen LogP contribution is 2.51. The minimum atomic E-state index is 0.399. The highest BCUT2D eigenvalue weighted by atomic mass is 32.2. The van der Waals surface area contributed by atoms with Gasteiger partial charge in [0.2, 0.25) is 0 Å². The molecular weight excluding hydrogens is 204 g/mol. The molecule has 0 atom stereocenters. The van der Waals surface area contributed by atoms with E-state index in [9.17, 15) is 0 Å². The molecule has 1 aliphatic rings. The normalized spacial score (nSPS) is 17.7. The van der Waals surface area contributed by atoms with Gasteiger partial charge in [0, 0.05) is 16.2 Å². The van der Waals surface area contributed by atoms with Crippen molar-refractivity contribution in [3.63, 3.8) is 0 Å². The smallest absolute Gasteiger partial charge is 0.0616 e. The standard InChI is InChI=1S/C13H18OS/c1-2-10-14-11-13(8-9-13)15-12-6-4-3-5-7-12/h3-7H,2,8-11H2,1H3. The monoisotopic (exact) mass is 222 g/mol. The van der Waals surface area contributed by atoms with Crippen LogP contribution in [-0.4, -0.2) is 18.0 Å². The van der Waals surface area contributed by atoms with E-state index in [2.05, 4.69) is 37.3 Å². The summed E-state index contributed by atoms with van der Waals surface area (Å²) in [5, 5.41) is 0. The van der Waals surface area contributed by atoms with Gasteiger partial charge in [-0.3, -0.25) is 0 Å². The van der Waals surface area contributed by atoms with E-state index in [1.807, 2.05) is 11.8 Å². The average Bonchev–Trinajstić information content (AvgIpc) is 3.00. The zero-order chi connectivity index (χ0) is 10.6. The third-order valence-corrected chi connectivity index (χ3v) is 4.07. The van der Waals surface area contributed by atoms with E-state index in [0.29, 0.717) is 4.75 Å². The van der Waals surface area contributed by atoms with Crippen molar-refractivity contribution in [2.24, 2.45) is 0 Å². The summed E-state index contributed by atoms with van der Waals surface area (Å²) in [5.74, 6) is 0. The number of rotatable bonds is 6. The van der Waals surface area contributed by atoms with Gasteiger partial charge in [0.25, 0.3) is 0 Å². The average molecular weight is 222 g/mol. The summed E-state index contributed by atoms with van der Waals surface area (Å²) >= 11 is 1.98. The Kier molecular flexibility index (Phi) is 3.71. The van der Waals surface area contributed by atoms with Crippen molar-refractivity contribution in [1.82, 2.24) is 0 Å². The number of hydrogen-bond donors (Lipinski definition) is 0. The van der Waals surface area contributed by atoms with Crippen molar-refractivity contribution in [3.8, 4) is 0 Å². The largest absolute Gasteiger partial charge is 0.380 e. The molecule has 2 heteroatoms. The highest BCUT2D eigenvalue weighted by molar-refractivity contribution is 8.01. The molecule has 2 rings (SSSR count). The van der Waals surface area contributed by atoms with E-state index in [0.717, 1.165) is 19.6 Å². The fourth-order valence-electron chi connectivity index (χ4n) is 1.56. The Labute approximate surface area is 96.2 Å². The molecule has 1 fully saturated rings. The second-order valence-corrected chi connectivity index (χ2v) is 5.69. The Morgan fingerprint density at radius 2 is 2.00 bits per heavy atom. The molecule has 0 bridgehead atoms. The van der Waals surface area contributed by atoms with Gasteiger partial charge < -0.3 is 4.74 Å². The maximum atomic E-state index is 5.66. The first-order chi connectivity index (χ1) is 7.35. The lowest BCUT2D eigenvalue weighted by molar-refractivity contribution is 0.132. The minimum Gasteiger partial charge on any atom is -0.380 e. The van der Waals surface area contributed by atoms with Crippen molar-refractivity contribution in [3.05, 3.63) is 30.3 Å². The van der Waals surface area contributed by atoms with E-state index in [1.54, 1.807) is 0 Å². The molecule has 1 aromatic rings. The summed E-state index contributed by atoms with van der Waals surface area (Å²) in [6, 6.07) is 10.6. The van der Waals surface area contributed by atoms with Crippen LogP contribution in [0, 0.1) is 0 Å². The SMILES string of the molecule is CCCOCC1(Sc2ccccc2)CC1. The molecule has 82 valence electrons. The van der Waals surface area contributed by atoms with Gasteiger partial charge in [-0.25, -0.2) is 0 Å². The Morgan fingerprint density at radius 1 is 1.27 bits per heavy atom. The fourth-order valence-corrected chi connectivity index (χ4v) is 2.80. The van der Waals surface area contributed by atoms with E-state index in [-0.39, 0.29) is 0 Å². The molecule has 0 spiro atoms. The number of ether oxygens (including phenoxy) is 1. The summed E-state index contributed by atoms with van der Waals surface area (Å²) < 4.78 is 6.06. The van der Waals surface area contributed by atoms with Crippen LogP contribution in [0.15, 0.2) is 35.2 Å². The van der Waals surface area contributed by atoms with E-state index >= 15 is 0 Å². The molecule has 1 aromatic carbocycles. The van der Waals surface area contributed by atoms with Gasteiger partial charge in [-0.2, -0.15) is 0 Å². The fraction of sp³-hybridized carbons (Fsp3) is 0.538. The molecule has 0 heterocycles. The molecular formula is C13H18OS. The first-order valence-corrected chi connectivity index (χ1v) is 6.48. The minimum absolute atomic E-state index is 0.399. The quantitative estimate of drug-likeness (QED) is 0.678. The highest BCUT2D eigenvalue weighted by Gasteiger charge is 2.43. The van der Waals surface area contributed by atoms with Crippen molar-refractivity contribution in [2.75, 3.05) is 13.2 Å². The Balaban J connectivity index is 1.83. The Bertz CT molecular complexity index is 293. The number of thioether (sulfide) groups is 1. The van der Waals surface area contributed by atoms with Crippen LogP contribution in [0.25, 0.3) is 0 Å². The molecule has 0 amide bonds. The van der Waals surface area contributed by atoms with Crippen molar-refractivity contribution >= 4 is 11.8 Å². The molecule has 0 saturated heterocycles. The van der Waals surface area contributed by atoms with E-state index < -0.39 is 0 Å². The zero-order valence-electron chi connectivity index (χ0n) is 9.24. The number of benzene rings is 1. The van der Waals surface area contributed by atoms with Crippen molar-refractivity contribution < 1.29 is 4.74 Å². The van der Waals surface area contributed by atoms with Crippen molar-refractivity contribution in [2.45, 2.75) is 35.8 Å². The lowest BCUT2D eigenvalue weighted by Gasteiger charge is -2.14. The van der Waals surface area contributed by atoms with Crippen LogP contribution in [0.2, 0.25) is 0 Å². The maximum Gasteiger partial charge on any atom is 0.0616 e. The predicted octanol–water partition coefficient (Wildman–Crippen LogP) is 3.74. The Hall–Kier alpha value is -0.470. The second-order valence-electron chi connectivity index (χ2n) is 4.15. The molecule has 0 N–H and O–H groups in total. The number of hydrogen-bond acceptors (Lipinski definition) is 2. The molecule has 0 radical (unpaired) electrons. The van der Waals surface area contributed by atoms with Crippen LogP contribution in [0.5, 0.6) is 0 Å². The molecule has 15 heavy (non-hydrogen) atoms. The molecule has 0 aromatic heterocycles. The summed E-state index contributed by atoms with van der Waals surface area (Å²) in [7, 11) is 0. The van der Waals surface area contributed by atoms with E-state index in [4.69, 9.17) is 4.74 Å². The summed E-state index contributed by atoms with van der Waals surface area (Å²) in [4.78, 5) is 1.37. The van der Waals surface area contributed by atoms with E-state index in [1.165, 1.54) is 17.7 Å². The molecule has 0 unspecified atom stereocenters. The zero-order valence-corrected chi connectivity index (χ0v) is 10.1. The Morgan fingerprint density at radius 3 is 2.60 bits per heavy atom. The van der Waals surface area contributed by atoms with Gasteiger partial charge in [-0.05, 0) is 31.4 Å². The van der Waals surface area contributed by atoms with Crippen LogP contribution >= 0.6 is 11.8 Å². The van der Waals surface area contributed by atoms with Crippen LogP contribution in [0.3, 0.4) is 0 Å². The molecule has 0 aliphatic heterocycles. The predicted molar refractivity (Wildman–Crippen MR) is 65.4 cm³/mol. The summed E-state index contributed by atoms with van der Waals surface area (Å²) in [6.45, 7) is 3.97. The first-order valence-electron chi connectivity index (χ1n) is 5.66. The van der Waals surface area contributed by atoms with Crippen LogP contribution in [-0.2, 0) is 4.74 Å². The van der Waals surface area contributed by atoms with Crippen LogP contribution in [0.1, 0.15) is 26.2 Å². The van der Waals surface area contributed by atoms with Crippen LogP contribution < -0.4 is 0 Å². The third kappa shape index (κ3) is 3.25. The second kappa shape index (κ2) is 5.04. The van der Waals surface area contributed by atoms with Gasteiger partial charge in [0.15, 0.2) is 0 Å². The maximum absolute atomic E-state index is 5.66. The van der Waals surface area contributed by atoms with Crippen molar-refractivity contribution in [1.29, 1.82) is 0 Å². The third-order valence-electron chi connectivity index (χ3n) is 2.60. The summed E-state index contributed by atoms with van der Waals surface area (Å²) in [5.41, 5.74) is 0. The van der Waals surface area contributed by atoms with Crippen LogP contribution in [0.4, 0.5) is 0 Å². The van der Waals surface area contributed by atoms with Gasteiger partial charge in [-0.15, -0.1) is 11.8 Å². The first kappa shape index (κ1) is 11.0. The van der Waals surface area contributed by atoms with Gasteiger partial charge >= 0.3 is 0 Å². The lowest BCUT2D eigenvalue weighted by Crippen LogP contribution is -2.13. The van der Waals surface area contributed by atoms with Gasteiger partial charge in [0.1, 0.15) is 0 Å².